The maximum Gasteiger partial charge on any atom is 0.312 e. The lowest BCUT2D eigenvalue weighted by atomic mass is 10.2. The molecule has 7 nitrogen and oxygen atoms in total. The highest BCUT2D eigenvalue weighted by molar-refractivity contribution is 7.92. The van der Waals surface area contributed by atoms with Gasteiger partial charge in [-0.3, -0.25) is 14.8 Å². The van der Waals surface area contributed by atoms with Gasteiger partial charge in [-0.25, -0.2) is 8.42 Å². The van der Waals surface area contributed by atoms with Crippen molar-refractivity contribution in [2.75, 3.05) is 4.72 Å². The Hall–Kier alpha value is -2.32. The van der Waals surface area contributed by atoms with Crippen LogP contribution in [0, 0.1) is 17.0 Å². The van der Waals surface area contributed by atoms with Crippen LogP contribution in [-0.4, -0.2) is 18.4 Å². The van der Waals surface area contributed by atoms with Crippen LogP contribution < -0.4 is 4.72 Å². The average molecular weight is 343 g/mol. The van der Waals surface area contributed by atoms with Crippen LogP contribution in [0.1, 0.15) is 5.56 Å². The molecule has 9 heteroatoms. The second-order valence-electron chi connectivity index (χ2n) is 4.43. The smallest absolute Gasteiger partial charge is 0.312 e. The molecule has 2 N–H and O–H groups in total. The van der Waals surface area contributed by atoms with E-state index in [9.17, 15) is 23.6 Å². The first-order valence-electron chi connectivity index (χ1n) is 5.97. The zero-order chi connectivity index (χ0) is 16.5. The average Bonchev–Trinajstić information content (AvgIpc) is 2.43. The summed E-state index contributed by atoms with van der Waals surface area (Å²) in [6.45, 7) is 1.64. The Morgan fingerprint density at radius 3 is 2.59 bits per heavy atom. The molecule has 0 saturated carbocycles. The number of benzene rings is 2. The van der Waals surface area contributed by atoms with Crippen molar-refractivity contribution < 1.29 is 18.4 Å². The summed E-state index contributed by atoms with van der Waals surface area (Å²) >= 11 is 5.92. The summed E-state index contributed by atoms with van der Waals surface area (Å²) in [5.41, 5.74) is 0.106. The summed E-state index contributed by atoms with van der Waals surface area (Å²) in [5.74, 6) is -0.608. The van der Waals surface area contributed by atoms with Crippen molar-refractivity contribution in [2.45, 2.75) is 11.8 Å². The molecule has 116 valence electrons. The summed E-state index contributed by atoms with van der Waals surface area (Å²) in [6.07, 6.45) is 0. The lowest BCUT2D eigenvalue weighted by Crippen LogP contribution is -2.14. The molecule has 0 aliphatic heterocycles. The van der Waals surface area contributed by atoms with Gasteiger partial charge in [0.15, 0.2) is 5.75 Å². The number of hydrogen-bond acceptors (Lipinski definition) is 5. The van der Waals surface area contributed by atoms with E-state index in [2.05, 4.69) is 4.72 Å². The largest absolute Gasteiger partial charge is 0.502 e. The first-order chi connectivity index (χ1) is 10.2. The first-order valence-corrected chi connectivity index (χ1v) is 7.84. The molecular weight excluding hydrogens is 332 g/mol. The Bertz CT molecular complexity index is 852. The Morgan fingerprint density at radius 2 is 1.95 bits per heavy atom. The minimum Gasteiger partial charge on any atom is -0.502 e. The molecule has 2 rings (SSSR count). The molecule has 0 amide bonds. The van der Waals surface area contributed by atoms with Gasteiger partial charge in [0.1, 0.15) is 0 Å². The Balaban J connectivity index is 2.45. The minimum atomic E-state index is -4.05. The van der Waals surface area contributed by atoms with Gasteiger partial charge in [-0.15, -0.1) is 0 Å². The van der Waals surface area contributed by atoms with Gasteiger partial charge in [-0.05, 0) is 36.8 Å². The molecule has 2 aromatic carbocycles. The Morgan fingerprint density at radius 1 is 1.27 bits per heavy atom. The van der Waals surface area contributed by atoms with Crippen LogP contribution in [0.4, 0.5) is 11.4 Å². The third-order valence-electron chi connectivity index (χ3n) is 2.97. The summed E-state index contributed by atoms with van der Waals surface area (Å²) in [6, 6.07) is 7.53. The Labute approximate surface area is 131 Å². The maximum atomic E-state index is 12.3. The normalized spacial score (nSPS) is 11.2. The number of nitro groups is 1. The highest BCUT2D eigenvalue weighted by atomic mass is 35.5. The van der Waals surface area contributed by atoms with Crippen LogP contribution in [0.15, 0.2) is 41.3 Å². The summed E-state index contributed by atoms with van der Waals surface area (Å²) in [4.78, 5) is 9.57. The molecule has 0 aliphatic carbocycles. The van der Waals surface area contributed by atoms with Crippen LogP contribution in [0.3, 0.4) is 0 Å². The van der Waals surface area contributed by atoms with Crippen molar-refractivity contribution >= 4 is 33.0 Å². The van der Waals surface area contributed by atoms with E-state index in [1.807, 2.05) is 0 Å². The number of sulfonamides is 1. The summed E-state index contributed by atoms with van der Waals surface area (Å²) in [7, 11) is -4.05. The summed E-state index contributed by atoms with van der Waals surface area (Å²) < 4.78 is 26.9. The molecule has 22 heavy (non-hydrogen) atoms. The zero-order valence-electron chi connectivity index (χ0n) is 11.3. The quantitative estimate of drug-likeness (QED) is 0.655. The van der Waals surface area contributed by atoms with E-state index in [1.165, 1.54) is 6.07 Å². The second-order valence-corrected chi connectivity index (χ2v) is 6.52. The number of nitro benzene ring substituents is 1. The predicted octanol–water partition coefficient (Wildman–Crippen LogP) is 3.06. The van der Waals surface area contributed by atoms with Gasteiger partial charge in [0.05, 0.1) is 15.5 Å². The maximum absolute atomic E-state index is 12.3. The van der Waals surface area contributed by atoms with Gasteiger partial charge < -0.3 is 5.11 Å². The lowest BCUT2D eigenvalue weighted by Gasteiger charge is -2.11. The predicted molar refractivity (Wildman–Crippen MR) is 81.8 cm³/mol. The minimum absolute atomic E-state index is 0.267. The van der Waals surface area contributed by atoms with E-state index in [1.54, 1.807) is 19.1 Å². The SMILES string of the molecule is Cc1c(Cl)cccc1NS(=O)(=O)c1ccc(O)c([N+](=O)[O-])c1. The van der Waals surface area contributed by atoms with Crippen molar-refractivity contribution in [1.29, 1.82) is 0 Å². The molecule has 0 bridgehead atoms. The molecule has 0 radical (unpaired) electrons. The van der Waals surface area contributed by atoms with Gasteiger partial charge in [0, 0.05) is 11.1 Å². The number of phenols is 1. The summed E-state index contributed by atoms with van der Waals surface area (Å²) in [5, 5.41) is 20.5. The number of anilines is 1. The zero-order valence-corrected chi connectivity index (χ0v) is 12.9. The second kappa shape index (κ2) is 5.82. The fourth-order valence-electron chi connectivity index (χ4n) is 1.74. The van der Waals surface area contributed by atoms with Crippen molar-refractivity contribution in [3.63, 3.8) is 0 Å². The third kappa shape index (κ3) is 3.12. The molecule has 0 atom stereocenters. The molecule has 0 unspecified atom stereocenters. The van der Waals surface area contributed by atoms with E-state index < -0.39 is 26.4 Å². The number of phenolic OH excluding ortho intramolecular Hbond substituents is 1. The Kier molecular flexibility index (Phi) is 4.25. The van der Waals surface area contributed by atoms with Crippen LogP contribution >= 0.6 is 11.6 Å². The molecule has 0 aromatic heterocycles. The first kappa shape index (κ1) is 16.1. The van der Waals surface area contributed by atoms with Crippen molar-refractivity contribution in [2.24, 2.45) is 0 Å². The van der Waals surface area contributed by atoms with E-state index in [0.717, 1.165) is 18.2 Å². The number of hydrogen-bond donors (Lipinski definition) is 2. The molecule has 0 spiro atoms. The molecule has 0 heterocycles. The van der Waals surface area contributed by atoms with Gasteiger partial charge in [0.2, 0.25) is 0 Å². The number of aromatic hydroxyl groups is 1. The van der Waals surface area contributed by atoms with Gasteiger partial charge >= 0.3 is 5.69 Å². The fourth-order valence-corrected chi connectivity index (χ4v) is 3.06. The van der Waals surface area contributed by atoms with E-state index >= 15 is 0 Å². The molecule has 0 saturated heterocycles. The van der Waals surface area contributed by atoms with Crippen LogP contribution in [0.5, 0.6) is 5.75 Å². The number of nitrogens with zero attached hydrogens (tertiary/aromatic N) is 1. The number of halogens is 1. The number of nitrogens with one attached hydrogen (secondary N) is 1. The molecular formula is C13H11ClN2O5S. The number of rotatable bonds is 4. The van der Waals surface area contributed by atoms with Crippen molar-refractivity contribution in [3.8, 4) is 5.75 Å². The fraction of sp³-hybridized carbons (Fsp3) is 0.0769. The molecule has 0 fully saturated rings. The topological polar surface area (TPSA) is 110 Å². The lowest BCUT2D eigenvalue weighted by molar-refractivity contribution is -0.386. The van der Waals surface area contributed by atoms with E-state index in [0.29, 0.717) is 10.6 Å². The van der Waals surface area contributed by atoms with Crippen molar-refractivity contribution in [1.82, 2.24) is 0 Å². The van der Waals surface area contributed by atoms with E-state index in [4.69, 9.17) is 11.6 Å². The van der Waals surface area contributed by atoms with Gasteiger partial charge in [0.25, 0.3) is 10.0 Å². The van der Waals surface area contributed by atoms with Crippen LogP contribution in [0.25, 0.3) is 0 Å². The third-order valence-corrected chi connectivity index (χ3v) is 4.74. The standard InChI is InChI=1S/C13H11ClN2O5S/c1-8-10(14)3-2-4-11(8)15-22(20,21)9-5-6-13(17)12(7-9)16(18)19/h2-7,15,17H,1H3. The molecule has 0 aliphatic rings. The highest BCUT2D eigenvalue weighted by Gasteiger charge is 2.22. The highest BCUT2D eigenvalue weighted by Crippen LogP contribution is 2.30. The van der Waals surface area contributed by atoms with Crippen molar-refractivity contribution in [3.05, 3.63) is 57.1 Å². The monoisotopic (exact) mass is 342 g/mol. The van der Waals surface area contributed by atoms with Crippen LogP contribution in [0.2, 0.25) is 5.02 Å². The van der Waals surface area contributed by atoms with Gasteiger partial charge in [-0.2, -0.15) is 0 Å². The van der Waals surface area contributed by atoms with E-state index in [-0.39, 0.29) is 10.6 Å². The van der Waals surface area contributed by atoms with Crippen LogP contribution in [-0.2, 0) is 10.0 Å². The molecule has 2 aromatic rings. The van der Waals surface area contributed by atoms with Gasteiger partial charge in [-0.1, -0.05) is 17.7 Å².